The average molecular weight is 183 g/mol. The molecule has 1 heteroatoms. The van der Waals surface area contributed by atoms with E-state index in [1.165, 1.54) is 38.5 Å². The van der Waals surface area contributed by atoms with Gasteiger partial charge in [0.25, 0.3) is 0 Å². The fourth-order valence-corrected chi connectivity index (χ4v) is 3.04. The van der Waals surface area contributed by atoms with Crippen LogP contribution in [0.1, 0.15) is 59.3 Å². The largest absolute Gasteiger partial charge is 0.325 e. The molecule has 0 aromatic heterocycles. The lowest BCUT2D eigenvalue weighted by atomic mass is 9.79. The predicted molar refractivity (Wildman–Crippen MR) is 58.6 cm³/mol. The van der Waals surface area contributed by atoms with E-state index in [1.807, 2.05) is 0 Å². The fourth-order valence-electron chi connectivity index (χ4n) is 3.04. The highest BCUT2D eigenvalue weighted by atomic mass is 14.8. The van der Waals surface area contributed by atoms with E-state index in [1.54, 1.807) is 0 Å². The number of hydrogen-bond donors (Lipinski definition) is 1. The highest BCUT2D eigenvalue weighted by Crippen LogP contribution is 2.41. The van der Waals surface area contributed by atoms with Crippen LogP contribution in [0, 0.1) is 11.8 Å². The first-order chi connectivity index (χ1) is 6.16. The van der Waals surface area contributed by atoms with Crippen molar-refractivity contribution in [2.24, 2.45) is 17.6 Å². The molecule has 2 unspecified atom stereocenters. The summed E-state index contributed by atoms with van der Waals surface area (Å²) in [4.78, 5) is 0. The minimum absolute atomic E-state index is 0.185. The van der Waals surface area contributed by atoms with Crippen LogP contribution in [0.4, 0.5) is 0 Å². The molecule has 0 saturated heterocycles. The second-order valence-electron chi connectivity index (χ2n) is 4.76. The Morgan fingerprint density at radius 3 is 2.31 bits per heavy atom. The second kappa shape index (κ2) is 4.45. The van der Waals surface area contributed by atoms with Gasteiger partial charge in [-0.1, -0.05) is 40.0 Å². The highest BCUT2D eigenvalue weighted by molar-refractivity contribution is 4.97. The van der Waals surface area contributed by atoms with E-state index >= 15 is 0 Å². The zero-order chi connectivity index (χ0) is 9.90. The molecule has 0 heterocycles. The van der Waals surface area contributed by atoms with Crippen molar-refractivity contribution in [3.63, 3.8) is 0 Å². The summed E-state index contributed by atoms with van der Waals surface area (Å²) < 4.78 is 0. The molecule has 0 spiro atoms. The molecule has 1 saturated carbocycles. The van der Waals surface area contributed by atoms with Gasteiger partial charge in [-0.15, -0.1) is 0 Å². The Hall–Kier alpha value is -0.0400. The molecular weight excluding hydrogens is 158 g/mol. The van der Waals surface area contributed by atoms with E-state index in [0.717, 1.165) is 11.8 Å². The summed E-state index contributed by atoms with van der Waals surface area (Å²) in [5.74, 6) is 1.66. The normalized spacial score (nSPS) is 34.4. The summed E-state index contributed by atoms with van der Waals surface area (Å²) in [5, 5.41) is 0. The van der Waals surface area contributed by atoms with Crippen LogP contribution in [0.2, 0.25) is 0 Å². The number of hydrogen-bond acceptors (Lipinski definition) is 1. The molecule has 1 nitrogen and oxygen atoms in total. The molecule has 1 aliphatic rings. The van der Waals surface area contributed by atoms with Gasteiger partial charge in [0, 0.05) is 5.54 Å². The molecule has 0 aliphatic heterocycles. The molecule has 1 rings (SSSR count). The van der Waals surface area contributed by atoms with Gasteiger partial charge in [0.2, 0.25) is 0 Å². The van der Waals surface area contributed by atoms with Crippen molar-refractivity contribution in [1.29, 1.82) is 0 Å². The highest BCUT2D eigenvalue weighted by Gasteiger charge is 2.39. The Labute approximate surface area is 83.1 Å². The molecule has 1 fully saturated rings. The van der Waals surface area contributed by atoms with Crippen molar-refractivity contribution >= 4 is 0 Å². The SMILES string of the molecule is CCC1CCC(N)(C(CC)CC)C1. The van der Waals surface area contributed by atoms with Crippen molar-refractivity contribution in [2.45, 2.75) is 64.8 Å². The predicted octanol–water partition coefficient (Wildman–Crippen LogP) is 3.33. The van der Waals surface area contributed by atoms with Crippen molar-refractivity contribution < 1.29 is 0 Å². The first-order valence-electron chi connectivity index (χ1n) is 5.95. The van der Waals surface area contributed by atoms with Crippen LogP contribution >= 0.6 is 0 Å². The molecule has 0 amide bonds. The van der Waals surface area contributed by atoms with Crippen molar-refractivity contribution in [3.05, 3.63) is 0 Å². The van der Waals surface area contributed by atoms with Crippen LogP contribution in [0.5, 0.6) is 0 Å². The van der Waals surface area contributed by atoms with Gasteiger partial charge in [-0.3, -0.25) is 0 Å². The van der Waals surface area contributed by atoms with E-state index in [-0.39, 0.29) is 5.54 Å². The van der Waals surface area contributed by atoms with E-state index in [0.29, 0.717) is 0 Å². The van der Waals surface area contributed by atoms with Gasteiger partial charge in [-0.25, -0.2) is 0 Å². The average Bonchev–Trinajstić information content (AvgIpc) is 2.50. The minimum Gasteiger partial charge on any atom is -0.325 e. The van der Waals surface area contributed by atoms with Crippen molar-refractivity contribution in [2.75, 3.05) is 0 Å². The first-order valence-corrected chi connectivity index (χ1v) is 5.95. The van der Waals surface area contributed by atoms with Crippen LogP contribution in [0.15, 0.2) is 0 Å². The molecular formula is C12H25N. The van der Waals surface area contributed by atoms with Crippen LogP contribution in [0.25, 0.3) is 0 Å². The summed E-state index contributed by atoms with van der Waals surface area (Å²) in [6.45, 7) is 6.85. The second-order valence-corrected chi connectivity index (χ2v) is 4.76. The molecule has 2 N–H and O–H groups in total. The molecule has 1 aliphatic carbocycles. The lowest BCUT2D eigenvalue weighted by Crippen LogP contribution is -2.44. The standard InChI is InChI=1S/C12H25N/c1-4-10-7-8-12(13,9-10)11(5-2)6-3/h10-11H,4-9,13H2,1-3H3. The summed E-state index contributed by atoms with van der Waals surface area (Å²) in [7, 11) is 0. The van der Waals surface area contributed by atoms with Gasteiger partial charge in [0.1, 0.15) is 0 Å². The van der Waals surface area contributed by atoms with Crippen LogP contribution in [-0.2, 0) is 0 Å². The Bertz CT molecular complexity index is 151. The maximum atomic E-state index is 6.49. The third-order valence-corrected chi connectivity index (χ3v) is 4.06. The molecule has 2 atom stereocenters. The van der Waals surface area contributed by atoms with Gasteiger partial charge in [-0.05, 0) is 31.1 Å². The smallest absolute Gasteiger partial charge is 0.0185 e. The first kappa shape index (κ1) is 11.0. The van der Waals surface area contributed by atoms with Crippen LogP contribution in [-0.4, -0.2) is 5.54 Å². The van der Waals surface area contributed by atoms with Gasteiger partial charge < -0.3 is 5.73 Å². The quantitative estimate of drug-likeness (QED) is 0.711. The van der Waals surface area contributed by atoms with E-state index in [9.17, 15) is 0 Å². The molecule has 0 aromatic rings. The van der Waals surface area contributed by atoms with Gasteiger partial charge in [0.15, 0.2) is 0 Å². The molecule has 0 radical (unpaired) electrons. The number of nitrogens with two attached hydrogens (primary N) is 1. The Morgan fingerprint density at radius 1 is 1.31 bits per heavy atom. The lowest BCUT2D eigenvalue weighted by molar-refractivity contribution is 0.251. The summed E-state index contributed by atoms with van der Waals surface area (Å²) >= 11 is 0. The summed E-state index contributed by atoms with van der Waals surface area (Å²) in [5.41, 5.74) is 6.68. The maximum absolute atomic E-state index is 6.49. The molecule has 78 valence electrons. The fraction of sp³-hybridized carbons (Fsp3) is 1.00. The minimum atomic E-state index is 0.185. The monoisotopic (exact) mass is 183 g/mol. The molecule has 0 aromatic carbocycles. The number of rotatable bonds is 4. The third-order valence-electron chi connectivity index (χ3n) is 4.06. The van der Waals surface area contributed by atoms with Gasteiger partial charge in [-0.2, -0.15) is 0 Å². The van der Waals surface area contributed by atoms with E-state index in [2.05, 4.69) is 20.8 Å². The topological polar surface area (TPSA) is 26.0 Å². The van der Waals surface area contributed by atoms with Crippen LogP contribution in [0.3, 0.4) is 0 Å². The zero-order valence-corrected chi connectivity index (χ0v) is 9.47. The van der Waals surface area contributed by atoms with E-state index in [4.69, 9.17) is 5.73 Å². The maximum Gasteiger partial charge on any atom is 0.0185 e. The van der Waals surface area contributed by atoms with E-state index < -0.39 is 0 Å². The molecule has 13 heavy (non-hydrogen) atoms. The zero-order valence-electron chi connectivity index (χ0n) is 9.47. The van der Waals surface area contributed by atoms with Gasteiger partial charge in [0.05, 0.1) is 0 Å². The third kappa shape index (κ3) is 2.25. The van der Waals surface area contributed by atoms with Gasteiger partial charge >= 0.3 is 0 Å². The van der Waals surface area contributed by atoms with Crippen molar-refractivity contribution in [1.82, 2.24) is 0 Å². The van der Waals surface area contributed by atoms with Crippen LogP contribution < -0.4 is 5.73 Å². The molecule has 0 bridgehead atoms. The lowest BCUT2D eigenvalue weighted by Gasteiger charge is -2.33. The summed E-state index contributed by atoms with van der Waals surface area (Å²) in [6.07, 6.45) is 7.73. The Morgan fingerprint density at radius 2 is 1.92 bits per heavy atom. The van der Waals surface area contributed by atoms with Crippen molar-refractivity contribution in [3.8, 4) is 0 Å². The Balaban J connectivity index is 2.56. The summed E-state index contributed by atoms with van der Waals surface area (Å²) in [6, 6.07) is 0. The Kier molecular flexibility index (Phi) is 3.78.